The molecule has 0 aliphatic heterocycles. The van der Waals surface area contributed by atoms with E-state index in [-0.39, 0.29) is 13.2 Å². The Morgan fingerprint density at radius 2 is 1.50 bits per heavy atom. The van der Waals surface area contributed by atoms with Gasteiger partial charge >= 0.3 is 6.09 Å². The fourth-order valence-electron chi connectivity index (χ4n) is 2.85. The summed E-state index contributed by atoms with van der Waals surface area (Å²) in [7, 11) is 1.62. The molecule has 6 nitrogen and oxygen atoms in total. The summed E-state index contributed by atoms with van der Waals surface area (Å²) in [5, 5.41) is 1.23. The molecular formula is C26H29NO5. The lowest BCUT2D eigenvalue weighted by Gasteiger charge is -2.27. The molecule has 1 amide bonds. The Hall–Kier alpha value is -3.51. The van der Waals surface area contributed by atoms with E-state index in [9.17, 15) is 4.79 Å². The minimum Gasteiger partial charge on any atom is -0.497 e. The molecule has 0 saturated heterocycles. The van der Waals surface area contributed by atoms with Crippen molar-refractivity contribution in [3.8, 4) is 17.2 Å². The first kappa shape index (κ1) is 23.2. The van der Waals surface area contributed by atoms with Gasteiger partial charge < -0.3 is 14.2 Å². The predicted octanol–water partition coefficient (Wildman–Crippen LogP) is 6.36. The zero-order valence-corrected chi connectivity index (χ0v) is 18.9. The molecule has 0 bridgehead atoms. The maximum atomic E-state index is 12.8. The number of hydrogen-bond acceptors (Lipinski definition) is 5. The standard InChI is InChI=1S/C26H29NO5/c1-26(2,3)32-25(28)27(30-19-20-13-15-22(29-4)16-14-20)18-21-9-8-12-24(17-21)31-23-10-6-5-7-11-23/h5-17H,18-19H2,1-4H3. The van der Waals surface area contributed by atoms with E-state index in [4.69, 9.17) is 19.0 Å². The lowest BCUT2D eigenvalue weighted by atomic mass is 10.2. The van der Waals surface area contributed by atoms with Gasteiger partial charge in [-0.1, -0.05) is 42.5 Å². The van der Waals surface area contributed by atoms with Crippen LogP contribution in [-0.2, 0) is 22.7 Å². The second-order valence-corrected chi connectivity index (χ2v) is 8.20. The average molecular weight is 436 g/mol. The number of para-hydroxylation sites is 1. The van der Waals surface area contributed by atoms with Crippen LogP contribution in [-0.4, -0.2) is 23.9 Å². The number of carbonyl (C=O) groups is 1. The van der Waals surface area contributed by atoms with E-state index in [1.165, 1.54) is 5.06 Å². The Balaban J connectivity index is 1.72. The highest BCUT2D eigenvalue weighted by Gasteiger charge is 2.23. The molecular weight excluding hydrogens is 406 g/mol. The molecule has 3 aromatic rings. The van der Waals surface area contributed by atoms with E-state index in [1.54, 1.807) is 7.11 Å². The van der Waals surface area contributed by atoms with Crippen LogP contribution < -0.4 is 9.47 Å². The van der Waals surface area contributed by atoms with Gasteiger partial charge in [0.05, 0.1) is 13.7 Å². The average Bonchev–Trinajstić information content (AvgIpc) is 2.77. The Morgan fingerprint density at radius 1 is 0.812 bits per heavy atom. The molecule has 168 valence electrons. The van der Waals surface area contributed by atoms with Gasteiger partial charge in [0.25, 0.3) is 0 Å². The molecule has 0 atom stereocenters. The molecule has 0 aliphatic carbocycles. The van der Waals surface area contributed by atoms with Crippen molar-refractivity contribution in [1.82, 2.24) is 5.06 Å². The number of carbonyl (C=O) groups excluding carboxylic acids is 1. The Morgan fingerprint density at radius 3 is 2.16 bits per heavy atom. The molecule has 0 spiro atoms. The Bertz CT molecular complexity index is 997. The van der Waals surface area contributed by atoms with Crippen LogP contribution in [0.5, 0.6) is 17.2 Å². The number of hydroxylamine groups is 2. The zero-order chi connectivity index (χ0) is 23.0. The SMILES string of the molecule is COc1ccc(CON(Cc2cccc(Oc3ccccc3)c2)C(=O)OC(C)(C)C)cc1. The minimum atomic E-state index is -0.642. The molecule has 3 aromatic carbocycles. The van der Waals surface area contributed by atoms with Crippen molar-refractivity contribution in [1.29, 1.82) is 0 Å². The number of ether oxygens (including phenoxy) is 3. The van der Waals surface area contributed by atoms with Crippen LogP contribution in [0.25, 0.3) is 0 Å². The van der Waals surface area contributed by atoms with Gasteiger partial charge in [0.15, 0.2) is 0 Å². The normalized spacial score (nSPS) is 11.0. The summed E-state index contributed by atoms with van der Waals surface area (Å²) in [6, 6.07) is 24.5. The molecule has 3 rings (SSSR count). The van der Waals surface area contributed by atoms with Crippen LogP contribution in [0.3, 0.4) is 0 Å². The number of hydrogen-bond donors (Lipinski definition) is 0. The Kier molecular flexibility index (Phi) is 7.73. The van der Waals surface area contributed by atoms with Crippen molar-refractivity contribution in [2.75, 3.05) is 7.11 Å². The molecule has 0 aliphatic rings. The van der Waals surface area contributed by atoms with Gasteiger partial charge in [-0.3, -0.25) is 4.84 Å². The van der Waals surface area contributed by atoms with Gasteiger partial charge in [-0.15, -0.1) is 0 Å². The molecule has 0 heterocycles. The van der Waals surface area contributed by atoms with E-state index in [0.29, 0.717) is 5.75 Å². The first-order valence-corrected chi connectivity index (χ1v) is 10.4. The highest BCUT2D eigenvalue weighted by molar-refractivity contribution is 5.67. The van der Waals surface area contributed by atoms with Crippen LogP contribution in [0.1, 0.15) is 31.9 Å². The van der Waals surface area contributed by atoms with Crippen molar-refractivity contribution in [3.63, 3.8) is 0 Å². The topological polar surface area (TPSA) is 57.2 Å². The van der Waals surface area contributed by atoms with E-state index in [2.05, 4.69) is 0 Å². The lowest BCUT2D eigenvalue weighted by molar-refractivity contribution is -0.162. The molecule has 0 radical (unpaired) electrons. The van der Waals surface area contributed by atoms with Gasteiger partial charge in [-0.2, -0.15) is 5.06 Å². The van der Waals surface area contributed by atoms with Crippen LogP contribution in [0.2, 0.25) is 0 Å². The molecule has 0 saturated carbocycles. The molecule has 0 aromatic heterocycles. The van der Waals surface area contributed by atoms with Crippen LogP contribution in [0.15, 0.2) is 78.9 Å². The van der Waals surface area contributed by atoms with Crippen molar-refractivity contribution < 1.29 is 23.8 Å². The monoisotopic (exact) mass is 435 g/mol. The van der Waals surface area contributed by atoms with Crippen molar-refractivity contribution in [2.24, 2.45) is 0 Å². The quantitative estimate of drug-likeness (QED) is 0.386. The highest BCUT2D eigenvalue weighted by atomic mass is 16.7. The summed E-state index contributed by atoms with van der Waals surface area (Å²) in [5.41, 5.74) is 1.11. The van der Waals surface area contributed by atoms with Gasteiger partial charge in [0, 0.05) is 0 Å². The molecule has 0 N–H and O–H groups in total. The Labute approximate surface area is 189 Å². The summed E-state index contributed by atoms with van der Waals surface area (Å²) in [6.45, 7) is 5.88. The number of benzene rings is 3. The summed E-state index contributed by atoms with van der Waals surface area (Å²) in [4.78, 5) is 18.6. The fourth-order valence-corrected chi connectivity index (χ4v) is 2.85. The van der Waals surface area contributed by atoms with Gasteiger partial charge in [-0.05, 0) is 68.3 Å². The molecule has 32 heavy (non-hydrogen) atoms. The van der Waals surface area contributed by atoms with E-state index in [0.717, 1.165) is 22.6 Å². The molecule has 6 heteroatoms. The first-order chi connectivity index (χ1) is 15.3. The number of rotatable bonds is 8. The third kappa shape index (κ3) is 7.32. The first-order valence-electron chi connectivity index (χ1n) is 10.4. The van der Waals surface area contributed by atoms with E-state index >= 15 is 0 Å². The second-order valence-electron chi connectivity index (χ2n) is 8.20. The van der Waals surface area contributed by atoms with E-state index in [1.807, 2.05) is 99.6 Å². The number of methoxy groups -OCH3 is 1. The fraction of sp³-hybridized carbons (Fsp3) is 0.269. The summed E-state index contributed by atoms with van der Waals surface area (Å²) < 4.78 is 16.6. The maximum Gasteiger partial charge on any atom is 0.434 e. The van der Waals surface area contributed by atoms with Gasteiger partial charge in [-0.25, -0.2) is 4.79 Å². The van der Waals surface area contributed by atoms with Gasteiger partial charge in [0.1, 0.15) is 29.5 Å². The number of nitrogens with zero attached hydrogens (tertiary/aromatic N) is 1. The van der Waals surface area contributed by atoms with Crippen molar-refractivity contribution >= 4 is 6.09 Å². The summed E-state index contributed by atoms with van der Waals surface area (Å²) >= 11 is 0. The van der Waals surface area contributed by atoms with Crippen LogP contribution in [0.4, 0.5) is 4.79 Å². The van der Waals surface area contributed by atoms with Gasteiger partial charge in [0.2, 0.25) is 0 Å². The summed E-state index contributed by atoms with van der Waals surface area (Å²) in [5.74, 6) is 2.17. The van der Waals surface area contributed by atoms with Crippen LogP contribution in [0, 0.1) is 0 Å². The second kappa shape index (κ2) is 10.7. The minimum absolute atomic E-state index is 0.205. The predicted molar refractivity (Wildman–Crippen MR) is 123 cm³/mol. The number of amides is 1. The van der Waals surface area contributed by atoms with Crippen LogP contribution >= 0.6 is 0 Å². The largest absolute Gasteiger partial charge is 0.497 e. The highest BCUT2D eigenvalue weighted by Crippen LogP contribution is 2.23. The molecule has 0 fully saturated rings. The third-order valence-electron chi connectivity index (χ3n) is 4.35. The zero-order valence-electron chi connectivity index (χ0n) is 18.9. The summed E-state index contributed by atoms with van der Waals surface area (Å²) in [6.07, 6.45) is -0.555. The smallest absolute Gasteiger partial charge is 0.434 e. The lowest BCUT2D eigenvalue weighted by Crippen LogP contribution is -2.36. The van der Waals surface area contributed by atoms with E-state index < -0.39 is 11.7 Å². The molecule has 0 unspecified atom stereocenters. The maximum absolute atomic E-state index is 12.8. The van der Waals surface area contributed by atoms with Crippen molar-refractivity contribution in [3.05, 3.63) is 90.0 Å². The third-order valence-corrected chi connectivity index (χ3v) is 4.35. The van der Waals surface area contributed by atoms with Crippen molar-refractivity contribution in [2.45, 2.75) is 39.5 Å².